The fourth-order valence-corrected chi connectivity index (χ4v) is 8.26. The van der Waals surface area contributed by atoms with Crippen LogP contribution in [0.25, 0.3) is 98.4 Å². The van der Waals surface area contributed by atoms with Gasteiger partial charge in [-0.25, -0.2) is 0 Å². The summed E-state index contributed by atoms with van der Waals surface area (Å²) < 4.78 is 0. The zero-order chi connectivity index (χ0) is 33.0. The first-order valence-corrected chi connectivity index (χ1v) is 17.4. The van der Waals surface area contributed by atoms with Crippen molar-refractivity contribution in [3.05, 3.63) is 194 Å². The highest BCUT2D eigenvalue weighted by atomic mass is 14.2. The van der Waals surface area contributed by atoms with E-state index in [4.69, 9.17) is 0 Å². The second-order valence-electron chi connectivity index (χ2n) is 13.2. The van der Waals surface area contributed by atoms with E-state index in [0.29, 0.717) is 0 Å². The summed E-state index contributed by atoms with van der Waals surface area (Å²) in [5.74, 6) is 0. The normalized spacial score (nSPS) is 11.6. The Bertz CT molecular complexity index is 2470. The van der Waals surface area contributed by atoms with Crippen LogP contribution in [-0.2, 0) is 0 Å². The van der Waals surface area contributed by atoms with Gasteiger partial charge in [0.1, 0.15) is 0 Å². The number of hydrogen-bond acceptors (Lipinski definition) is 0. The summed E-state index contributed by atoms with van der Waals surface area (Å²) in [5, 5.41) is 12.6. The molecule has 0 bridgehead atoms. The molecule has 10 aromatic carbocycles. The van der Waals surface area contributed by atoms with Crippen molar-refractivity contribution in [3.63, 3.8) is 0 Å². The topological polar surface area (TPSA) is 0 Å². The molecule has 0 heterocycles. The molecule has 10 aromatic rings. The van der Waals surface area contributed by atoms with Crippen LogP contribution in [0, 0.1) is 0 Å². The molecule has 0 aromatic heterocycles. The maximum absolute atomic E-state index is 2.46. The fourth-order valence-electron chi connectivity index (χ4n) is 8.26. The molecule has 0 aliphatic rings. The highest BCUT2D eigenvalue weighted by molar-refractivity contribution is 6.27. The van der Waals surface area contributed by atoms with Gasteiger partial charge >= 0.3 is 0 Å². The lowest BCUT2D eigenvalue weighted by Gasteiger charge is -2.20. The van der Waals surface area contributed by atoms with Crippen LogP contribution in [0.5, 0.6) is 0 Å². The Kier molecular flexibility index (Phi) is 6.60. The summed E-state index contributed by atoms with van der Waals surface area (Å²) in [5.41, 5.74) is 10.1. The van der Waals surface area contributed by atoms with Crippen LogP contribution in [-0.4, -0.2) is 0 Å². The van der Waals surface area contributed by atoms with E-state index in [0.717, 1.165) is 0 Å². The summed E-state index contributed by atoms with van der Waals surface area (Å²) in [4.78, 5) is 0. The van der Waals surface area contributed by atoms with Crippen LogP contribution in [0.1, 0.15) is 0 Å². The minimum Gasteiger partial charge on any atom is -0.0622 e. The predicted molar refractivity (Wildman–Crippen MR) is 216 cm³/mol. The SMILES string of the molecule is c1ccc(-c2c3ccccc3c(-c3ccccc3)c3cc4cc5c(-c6ccccc6)c6ccccc6c(-c6ccccc6)c5cc4cc23)cc1. The minimum atomic E-state index is 1.23. The van der Waals surface area contributed by atoms with Crippen molar-refractivity contribution >= 4 is 53.9 Å². The van der Waals surface area contributed by atoms with Crippen LogP contribution in [0.3, 0.4) is 0 Å². The van der Waals surface area contributed by atoms with Crippen molar-refractivity contribution in [2.24, 2.45) is 0 Å². The highest BCUT2D eigenvalue weighted by Crippen LogP contribution is 2.48. The summed E-state index contributed by atoms with van der Waals surface area (Å²) >= 11 is 0. The van der Waals surface area contributed by atoms with Gasteiger partial charge in [-0.05, 0) is 123 Å². The summed E-state index contributed by atoms with van der Waals surface area (Å²) in [6, 6.07) is 71.3. The fraction of sp³-hybridized carbons (Fsp3) is 0. The standard InChI is InChI=1S/C50H32/c1-5-17-33(18-6-1)47-39-25-13-14-26-40(39)48(34-19-7-2-8-20-34)44-30-38-32-46-45(31-37(38)29-43(44)47)49(35-21-9-3-10-22-35)41-27-15-16-28-42(41)50(46)36-23-11-4-12-24-36/h1-32H. The molecule has 0 nitrogen and oxygen atoms in total. The van der Waals surface area contributed by atoms with E-state index in [2.05, 4.69) is 194 Å². The van der Waals surface area contributed by atoms with Crippen molar-refractivity contribution < 1.29 is 0 Å². The Hall–Kier alpha value is -6.50. The van der Waals surface area contributed by atoms with Gasteiger partial charge in [0.15, 0.2) is 0 Å². The van der Waals surface area contributed by atoms with E-state index in [-0.39, 0.29) is 0 Å². The van der Waals surface area contributed by atoms with Crippen LogP contribution in [0.15, 0.2) is 194 Å². The molecule has 0 amide bonds. The van der Waals surface area contributed by atoms with Gasteiger partial charge in [-0.2, -0.15) is 0 Å². The van der Waals surface area contributed by atoms with Crippen LogP contribution in [0.2, 0.25) is 0 Å². The van der Waals surface area contributed by atoms with Gasteiger partial charge in [0, 0.05) is 0 Å². The zero-order valence-corrected chi connectivity index (χ0v) is 27.5. The van der Waals surface area contributed by atoms with Crippen molar-refractivity contribution in [1.82, 2.24) is 0 Å². The van der Waals surface area contributed by atoms with Crippen LogP contribution >= 0.6 is 0 Å². The van der Waals surface area contributed by atoms with Crippen molar-refractivity contribution in [3.8, 4) is 44.5 Å². The van der Waals surface area contributed by atoms with Crippen LogP contribution in [0.4, 0.5) is 0 Å². The number of hydrogen-bond donors (Lipinski definition) is 0. The molecule has 0 aliphatic heterocycles. The van der Waals surface area contributed by atoms with E-state index in [1.807, 2.05) is 0 Å². The first-order valence-electron chi connectivity index (χ1n) is 17.4. The van der Waals surface area contributed by atoms with E-state index in [1.54, 1.807) is 0 Å². The number of fused-ring (bicyclic) bond motifs is 5. The Morgan fingerprint density at radius 2 is 0.380 bits per heavy atom. The molecule has 0 radical (unpaired) electrons. The quantitative estimate of drug-likeness (QED) is 0.169. The first-order chi connectivity index (χ1) is 24.8. The molecule has 0 aliphatic carbocycles. The van der Waals surface area contributed by atoms with Gasteiger partial charge in [-0.15, -0.1) is 0 Å². The van der Waals surface area contributed by atoms with E-state index in [9.17, 15) is 0 Å². The third-order valence-corrected chi connectivity index (χ3v) is 10.4. The largest absolute Gasteiger partial charge is 0.0622 e. The van der Waals surface area contributed by atoms with E-state index < -0.39 is 0 Å². The van der Waals surface area contributed by atoms with Crippen molar-refractivity contribution in [2.75, 3.05) is 0 Å². The average Bonchev–Trinajstić information content (AvgIpc) is 3.19. The maximum Gasteiger partial charge on any atom is -0.00262 e. The molecule has 0 saturated heterocycles. The summed E-state index contributed by atoms with van der Waals surface area (Å²) in [6.07, 6.45) is 0. The summed E-state index contributed by atoms with van der Waals surface area (Å²) in [6.45, 7) is 0. The Morgan fingerprint density at radius 3 is 0.600 bits per heavy atom. The second-order valence-corrected chi connectivity index (χ2v) is 13.2. The third kappa shape index (κ3) is 4.46. The molecule has 0 N–H and O–H groups in total. The lowest BCUT2D eigenvalue weighted by molar-refractivity contribution is 1.65. The van der Waals surface area contributed by atoms with Gasteiger partial charge in [-0.3, -0.25) is 0 Å². The smallest absolute Gasteiger partial charge is 0.00262 e. The minimum absolute atomic E-state index is 1.23. The lowest BCUT2D eigenvalue weighted by atomic mass is 9.82. The van der Waals surface area contributed by atoms with Crippen molar-refractivity contribution in [2.45, 2.75) is 0 Å². The molecule has 232 valence electrons. The van der Waals surface area contributed by atoms with Gasteiger partial charge in [0.05, 0.1) is 0 Å². The molecule has 50 heavy (non-hydrogen) atoms. The van der Waals surface area contributed by atoms with Gasteiger partial charge < -0.3 is 0 Å². The highest BCUT2D eigenvalue weighted by Gasteiger charge is 2.20. The molecule has 0 fully saturated rings. The van der Waals surface area contributed by atoms with E-state index in [1.165, 1.54) is 98.4 Å². The monoisotopic (exact) mass is 632 g/mol. The van der Waals surface area contributed by atoms with E-state index >= 15 is 0 Å². The molecule has 0 atom stereocenters. The number of benzene rings is 10. The second kappa shape index (κ2) is 11.6. The molecule has 0 heteroatoms. The molecule has 0 spiro atoms. The van der Waals surface area contributed by atoms with Crippen LogP contribution < -0.4 is 0 Å². The maximum atomic E-state index is 2.46. The Morgan fingerprint density at radius 1 is 0.180 bits per heavy atom. The molecule has 0 unspecified atom stereocenters. The molecular formula is C50H32. The van der Waals surface area contributed by atoms with Gasteiger partial charge in [0.2, 0.25) is 0 Å². The van der Waals surface area contributed by atoms with Gasteiger partial charge in [0.25, 0.3) is 0 Å². The molecule has 10 rings (SSSR count). The Balaban J connectivity index is 1.43. The average molecular weight is 633 g/mol. The molecular weight excluding hydrogens is 601 g/mol. The number of rotatable bonds is 4. The molecule has 0 saturated carbocycles. The summed E-state index contributed by atoms with van der Waals surface area (Å²) in [7, 11) is 0. The third-order valence-electron chi connectivity index (χ3n) is 10.4. The Labute approximate surface area is 291 Å². The predicted octanol–water partition coefficient (Wildman–Crippen LogP) is 14.1. The van der Waals surface area contributed by atoms with Crippen molar-refractivity contribution in [1.29, 1.82) is 0 Å². The van der Waals surface area contributed by atoms with Gasteiger partial charge in [-0.1, -0.05) is 170 Å². The first kappa shape index (κ1) is 28.5. The zero-order valence-electron chi connectivity index (χ0n) is 27.5. The lowest BCUT2D eigenvalue weighted by Crippen LogP contribution is -1.93.